The van der Waals surface area contributed by atoms with Crippen LogP contribution in [-0.2, 0) is 0 Å². The predicted octanol–water partition coefficient (Wildman–Crippen LogP) is 2.21. The van der Waals surface area contributed by atoms with Gasteiger partial charge in [0.25, 0.3) is 0 Å². The summed E-state index contributed by atoms with van der Waals surface area (Å²) in [5, 5.41) is 6.68. The lowest BCUT2D eigenvalue weighted by Gasteiger charge is -2.08. The summed E-state index contributed by atoms with van der Waals surface area (Å²) in [4.78, 5) is 4.12. The number of benzene rings is 1. The highest BCUT2D eigenvalue weighted by atomic mass is 32.2. The molecule has 2 rings (SSSR count). The number of ether oxygens (including phenoxy) is 1. The van der Waals surface area contributed by atoms with E-state index in [0.29, 0.717) is 6.61 Å². The quantitative estimate of drug-likeness (QED) is 0.807. The summed E-state index contributed by atoms with van der Waals surface area (Å²) in [5.74, 6) is 2.55. The Kier molecular flexibility index (Phi) is 3.82. The molecular formula is C11H13N3OS. The molecular weight excluding hydrogens is 222 g/mol. The maximum atomic E-state index is 5.69. The highest BCUT2D eigenvalue weighted by Crippen LogP contribution is 2.26. The van der Waals surface area contributed by atoms with Crippen molar-refractivity contribution in [1.29, 1.82) is 0 Å². The number of para-hydroxylation sites is 1. The van der Waals surface area contributed by atoms with Crippen LogP contribution in [0.2, 0.25) is 0 Å². The van der Waals surface area contributed by atoms with Crippen molar-refractivity contribution in [3.05, 3.63) is 30.6 Å². The Morgan fingerprint density at radius 1 is 1.38 bits per heavy atom. The van der Waals surface area contributed by atoms with E-state index in [2.05, 4.69) is 21.4 Å². The van der Waals surface area contributed by atoms with Crippen molar-refractivity contribution in [1.82, 2.24) is 15.2 Å². The third-order valence-corrected chi connectivity index (χ3v) is 2.68. The van der Waals surface area contributed by atoms with E-state index in [9.17, 15) is 0 Å². The highest BCUT2D eigenvalue weighted by molar-refractivity contribution is 7.98. The van der Waals surface area contributed by atoms with Crippen molar-refractivity contribution in [2.75, 3.05) is 18.6 Å². The first-order valence-corrected chi connectivity index (χ1v) is 6.37. The first-order valence-electron chi connectivity index (χ1n) is 4.98. The number of aromatic nitrogens is 3. The first-order chi connectivity index (χ1) is 7.92. The van der Waals surface area contributed by atoms with Gasteiger partial charge >= 0.3 is 0 Å². The zero-order chi connectivity index (χ0) is 11.2. The first kappa shape index (κ1) is 11.0. The van der Waals surface area contributed by atoms with E-state index in [4.69, 9.17) is 4.74 Å². The molecule has 0 fully saturated rings. The number of nitrogens with zero attached hydrogens (tertiary/aromatic N) is 2. The van der Waals surface area contributed by atoms with Crippen LogP contribution in [0.5, 0.6) is 5.75 Å². The van der Waals surface area contributed by atoms with E-state index in [1.807, 2.05) is 24.3 Å². The standard InChI is InChI=1S/C11H13N3OS/c1-16-7-6-15-10-5-3-2-4-9(10)11-12-8-13-14-11/h2-5,8H,6-7H2,1H3,(H,12,13,14). The van der Waals surface area contributed by atoms with Gasteiger partial charge in [-0.2, -0.15) is 16.9 Å². The molecule has 0 radical (unpaired) electrons. The molecule has 84 valence electrons. The van der Waals surface area contributed by atoms with Gasteiger partial charge in [-0.3, -0.25) is 5.10 Å². The molecule has 0 bridgehead atoms. The molecule has 0 spiro atoms. The van der Waals surface area contributed by atoms with Gasteiger partial charge in [-0.05, 0) is 18.4 Å². The number of rotatable bonds is 5. The van der Waals surface area contributed by atoms with Crippen molar-refractivity contribution in [3.63, 3.8) is 0 Å². The number of hydrogen-bond acceptors (Lipinski definition) is 4. The topological polar surface area (TPSA) is 50.8 Å². The third-order valence-electron chi connectivity index (χ3n) is 2.10. The third kappa shape index (κ3) is 2.55. The normalized spacial score (nSPS) is 10.3. The van der Waals surface area contributed by atoms with Crippen LogP contribution in [0, 0.1) is 0 Å². The molecule has 1 N–H and O–H groups in total. The van der Waals surface area contributed by atoms with Crippen molar-refractivity contribution in [2.45, 2.75) is 0 Å². The Bertz CT molecular complexity index is 431. The lowest BCUT2D eigenvalue weighted by molar-refractivity contribution is 0.345. The molecule has 0 saturated heterocycles. The highest BCUT2D eigenvalue weighted by Gasteiger charge is 2.07. The molecule has 0 aliphatic heterocycles. The number of H-pyrrole nitrogens is 1. The minimum absolute atomic E-state index is 0.701. The zero-order valence-electron chi connectivity index (χ0n) is 9.01. The summed E-state index contributed by atoms with van der Waals surface area (Å²) in [6.07, 6.45) is 3.56. The van der Waals surface area contributed by atoms with Gasteiger partial charge in [0.15, 0.2) is 5.82 Å². The van der Waals surface area contributed by atoms with E-state index in [1.165, 1.54) is 6.33 Å². The van der Waals surface area contributed by atoms with E-state index < -0.39 is 0 Å². The fourth-order valence-corrected chi connectivity index (χ4v) is 1.61. The summed E-state index contributed by atoms with van der Waals surface area (Å²) in [7, 11) is 0. The van der Waals surface area contributed by atoms with Crippen LogP contribution in [-0.4, -0.2) is 33.8 Å². The fourth-order valence-electron chi connectivity index (χ4n) is 1.36. The molecule has 2 aromatic rings. The Morgan fingerprint density at radius 2 is 2.25 bits per heavy atom. The molecule has 0 unspecified atom stereocenters. The van der Waals surface area contributed by atoms with E-state index >= 15 is 0 Å². The van der Waals surface area contributed by atoms with Crippen LogP contribution in [0.1, 0.15) is 0 Å². The van der Waals surface area contributed by atoms with Crippen LogP contribution in [0.25, 0.3) is 11.4 Å². The predicted molar refractivity (Wildman–Crippen MR) is 65.7 cm³/mol. The average molecular weight is 235 g/mol. The van der Waals surface area contributed by atoms with Gasteiger partial charge in [0.05, 0.1) is 12.2 Å². The number of nitrogens with one attached hydrogen (secondary N) is 1. The Morgan fingerprint density at radius 3 is 3.00 bits per heavy atom. The van der Waals surface area contributed by atoms with Crippen LogP contribution in [0.15, 0.2) is 30.6 Å². The average Bonchev–Trinajstić information content (AvgIpc) is 2.83. The lowest BCUT2D eigenvalue weighted by Crippen LogP contribution is -2.01. The smallest absolute Gasteiger partial charge is 0.159 e. The van der Waals surface area contributed by atoms with Crippen molar-refractivity contribution >= 4 is 11.8 Å². The number of hydrogen-bond donors (Lipinski definition) is 1. The largest absolute Gasteiger partial charge is 0.492 e. The second kappa shape index (κ2) is 5.55. The van der Waals surface area contributed by atoms with Gasteiger partial charge in [0.2, 0.25) is 0 Å². The maximum Gasteiger partial charge on any atom is 0.159 e. The minimum Gasteiger partial charge on any atom is -0.492 e. The van der Waals surface area contributed by atoms with Gasteiger partial charge in [-0.1, -0.05) is 12.1 Å². The molecule has 0 aliphatic rings. The monoisotopic (exact) mass is 235 g/mol. The summed E-state index contributed by atoms with van der Waals surface area (Å²) >= 11 is 1.76. The lowest BCUT2D eigenvalue weighted by atomic mass is 10.2. The van der Waals surface area contributed by atoms with Gasteiger partial charge < -0.3 is 4.74 Å². The van der Waals surface area contributed by atoms with Crippen LogP contribution < -0.4 is 4.74 Å². The summed E-state index contributed by atoms with van der Waals surface area (Å²) in [6.45, 7) is 0.701. The van der Waals surface area contributed by atoms with E-state index in [1.54, 1.807) is 11.8 Å². The minimum atomic E-state index is 0.701. The fraction of sp³-hybridized carbons (Fsp3) is 0.273. The maximum absolute atomic E-state index is 5.69. The number of aromatic amines is 1. The molecule has 0 atom stereocenters. The van der Waals surface area contributed by atoms with Gasteiger partial charge in [0, 0.05) is 5.75 Å². The summed E-state index contributed by atoms with van der Waals surface area (Å²) < 4.78 is 5.69. The zero-order valence-corrected chi connectivity index (χ0v) is 9.83. The summed E-state index contributed by atoms with van der Waals surface area (Å²) in [6, 6.07) is 7.82. The van der Waals surface area contributed by atoms with Gasteiger partial charge in [-0.25, -0.2) is 4.98 Å². The molecule has 1 aromatic heterocycles. The number of thioether (sulfide) groups is 1. The van der Waals surface area contributed by atoms with Crippen LogP contribution in [0.3, 0.4) is 0 Å². The Hall–Kier alpha value is -1.49. The van der Waals surface area contributed by atoms with Crippen molar-refractivity contribution in [3.8, 4) is 17.1 Å². The van der Waals surface area contributed by atoms with Gasteiger partial charge in [0.1, 0.15) is 12.1 Å². The molecule has 0 amide bonds. The molecule has 1 aromatic carbocycles. The molecule has 1 heterocycles. The second-order valence-corrected chi connectivity index (χ2v) is 4.16. The Labute approximate surface area is 98.4 Å². The molecule has 16 heavy (non-hydrogen) atoms. The van der Waals surface area contributed by atoms with Crippen LogP contribution >= 0.6 is 11.8 Å². The molecule has 5 heteroatoms. The molecule has 0 saturated carbocycles. The molecule has 4 nitrogen and oxygen atoms in total. The Balaban J connectivity index is 2.18. The summed E-state index contributed by atoms with van der Waals surface area (Å²) in [5.41, 5.74) is 0.945. The van der Waals surface area contributed by atoms with E-state index in [-0.39, 0.29) is 0 Å². The van der Waals surface area contributed by atoms with Crippen molar-refractivity contribution in [2.24, 2.45) is 0 Å². The molecule has 0 aliphatic carbocycles. The van der Waals surface area contributed by atoms with E-state index in [0.717, 1.165) is 22.9 Å². The van der Waals surface area contributed by atoms with Crippen LogP contribution in [0.4, 0.5) is 0 Å². The van der Waals surface area contributed by atoms with Gasteiger partial charge in [-0.15, -0.1) is 0 Å². The van der Waals surface area contributed by atoms with Crippen molar-refractivity contribution < 1.29 is 4.74 Å². The second-order valence-electron chi connectivity index (χ2n) is 3.17. The SMILES string of the molecule is CSCCOc1ccccc1-c1ncn[nH]1.